The van der Waals surface area contributed by atoms with Crippen LogP contribution in [0.5, 0.6) is 11.5 Å². The third-order valence-electron chi connectivity index (χ3n) is 5.83. The molecule has 1 saturated carbocycles. The lowest BCUT2D eigenvalue weighted by Gasteiger charge is -2.23. The number of methoxy groups -OCH3 is 2. The second-order valence-electron chi connectivity index (χ2n) is 7.02. The number of rotatable bonds is 4. The van der Waals surface area contributed by atoms with Crippen molar-refractivity contribution in [2.45, 2.75) is 26.7 Å². The Kier molecular flexibility index (Phi) is 3.19. The summed E-state index contributed by atoms with van der Waals surface area (Å²) in [7, 11) is 3.37. The van der Waals surface area contributed by atoms with Crippen molar-refractivity contribution in [3.63, 3.8) is 0 Å². The Morgan fingerprint density at radius 1 is 1.26 bits per heavy atom. The third-order valence-corrected chi connectivity index (χ3v) is 5.83. The van der Waals surface area contributed by atoms with E-state index in [0.29, 0.717) is 5.41 Å². The van der Waals surface area contributed by atoms with Crippen molar-refractivity contribution < 1.29 is 9.47 Å². The summed E-state index contributed by atoms with van der Waals surface area (Å²) in [6, 6.07) is 6.15. The Labute approximate surface area is 137 Å². The van der Waals surface area contributed by atoms with Gasteiger partial charge >= 0.3 is 0 Å². The monoisotopic (exact) mass is 312 g/mol. The van der Waals surface area contributed by atoms with E-state index < -0.39 is 0 Å². The van der Waals surface area contributed by atoms with Gasteiger partial charge in [0.15, 0.2) is 0 Å². The van der Waals surface area contributed by atoms with Gasteiger partial charge in [-0.25, -0.2) is 4.98 Å². The van der Waals surface area contributed by atoms with Crippen LogP contribution in [0, 0.1) is 18.3 Å². The molecule has 122 valence electrons. The minimum atomic E-state index is 0.564. The Hall–Kier alpha value is -1.97. The number of benzene rings is 1. The number of aryl methyl sites for hydroxylation is 1. The Morgan fingerprint density at radius 2 is 2.09 bits per heavy atom. The standard InChI is InChI=1S/C19H24N2O2/c1-5-19-9-13(19)10-21(11-19)17-6-12(2)15-7-14(22-3)8-16(23-4)18(15)20-17/h6-8,13H,5,9-11H2,1-4H3. The van der Waals surface area contributed by atoms with Crippen LogP contribution < -0.4 is 14.4 Å². The number of aromatic nitrogens is 1. The number of anilines is 1. The van der Waals surface area contributed by atoms with Gasteiger partial charge in [-0.3, -0.25) is 0 Å². The first-order chi connectivity index (χ1) is 11.1. The summed E-state index contributed by atoms with van der Waals surface area (Å²) in [5.41, 5.74) is 2.71. The van der Waals surface area contributed by atoms with E-state index in [4.69, 9.17) is 14.5 Å². The number of ether oxygens (including phenoxy) is 2. The molecule has 4 nitrogen and oxygen atoms in total. The maximum Gasteiger partial charge on any atom is 0.148 e. The molecule has 0 amide bonds. The maximum atomic E-state index is 5.55. The van der Waals surface area contributed by atoms with Gasteiger partial charge in [0.2, 0.25) is 0 Å². The molecule has 1 aromatic heterocycles. The summed E-state index contributed by atoms with van der Waals surface area (Å²) >= 11 is 0. The van der Waals surface area contributed by atoms with E-state index in [1.807, 2.05) is 12.1 Å². The van der Waals surface area contributed by atoms with Gasteiger partial charge in [0, 0.05) is 24.5 Å². The minimum absolute atomic E-state index is 0.564. The molecule has 23 heavy (non-hydrogen) atoms. The van der Waals surface area contributed by atoms with Gasteiger partial charge in [-0.2, -0.15) is 0 Å². The Balaban J connectivity index is 1.78. The van der Waals surface area contributed by atoms with Crippen LogP contribution in [0.3, 0.4) is 0 Å². The summed E-state index contributed by atoms with van der Waals surface area (Å²) < 4.78 is 10.9. The van der Waals surface area contributed by atoms with E-state index >= 15 is 0 Å². The highest BCUT2D eigenvalue weighted by molar-refractivity contribution is 5.90. The van der Waals surface area contributed by atoms with Crippen LogP contribution in [-0.2, 0) is 0 Å². The highest BCUT2D eigenvalue weighted by atomic mass is 16.5. The highest BCUT2D eigenvalue weighted by Gasteiger charge is 2.58. The molecule has 2 fully saturated rings. The Morgan fingerprint density at radius 3 is 2.74 bits per heavy atom. The molecule has 2 atom stereocenters. The molecule has 0 radical (unpaired) electrons. The molecule has 4 heteroatoms. The van der Waals surface area contributed by atoms with Gasteiger partial charge in [-0.15, -0.1) is 0 Å². The lowest BCUT2D eigenvalue weighted by Crippen LogP contribution is -2.25. The highest BCUT2D eigenvalue weighted by Crippen LogP contribution is 2.60. The lowest BCUT2D eigenvalue weighted by molar-refractivity contribution is 0.397. The SMILES string of the molecule is CCC12CC1CN(c1cc(C)c3cc(OC)cc(OC)c3n1)C2. The molecular formula is C19H24N2O2. The summed E-state index contributed by atoms with van der Waals surface area (Å²) in [4.78, 5) is 7.38. The second kappa shape index (κ2) is 5.02. The molecule has 0 bridgehead atoms. The molecule has 2 unspecified atom stereocenters. The zero-order valence-corrected chi connectivity index (χ0v) is 14.3. The quantitative estimate of drug-likeness (QED) is 0.860. The number of pyridine rings is 1. The second-order valence-corrected chi connectivity index (χ2v) is 7.02. The summed E-state index contributed by atoms with van der Waals surface area (Å²) in [5.74, 6) is 3.53. The van der Waals surface area contributed by atoms with Crippen molar-refractivity contribution in [1.82, 2.24) is 4.98 Å². The first-order valence-corrected chi connectivity index (χ1v) is 8.38. The van der Waals surface area contributed by atoms with Crippen molar-refractivity contribution in [2.75, 3.05) is 32.2 Å². The molecule has 2 aromatic rings. The normalized spacial score (nSPS) is 25.6. The fraction of sp³-hybridized carbons (Fsp3) is 0.526. The fourth-order valence-corrected chi connectivity index (χ4v) is 4.17. The molecule has 0 spiro atoms. The molecule has 1 aliphatic heterocycles. The van der Waals surface area contributed by atoms with Crippen LogP contribution in [0.4, 0.5) is 5.82 Å². The molecule has 2 aliphatic rings. The van der Waals surface area contributed by atoms with Gasteiger partial charge < -0.3 is 14.4 Å². The van der Waals surface area contributed by atoms with E-state index in [-0.39, 0.29) is 0 Å². The van der Waals surface area contributed by atoms with Crippen LogP contribution in [0.1, 0.15) is 25.3 Å². The van der Waals surface area contributed by atoms with Crippen LogP contribution >= 0.6 is 0 Å². The van der Waals surface area contributed by atoms with E-state index in [9.17, 15) is 0 Å². The van der Waals surface area contributed by atoms with Crippen molar-refractivity contribution in [3.05, 3.63) is 23.8 Å². The van der Waals surface area contributed by atoms with E-state index in [1.165, 1.54) is 18.4 Å². The number of fused-ring (bicyclic) bond motifs is 2. The molecule has 1 aromatic carbocycles. The van der Waals surface area contributed by atoms with Crippen molar-refractivity contribution >= 4 is 16.7 Å². The number of hydrogen-bond donors (Lipinski definition) is 0. The predicted molar refractivity (Wildman–Crippen MR) is 92.6 cm³/mol. The average molecular weight is 312 g/mol. The van der Waals surface area contributed by atoms with E-state index in [1.54, 1.807) is 14.2 Å². The first-order valence-electron chi connectivity index (χ1n) is 8.38. The van der Waals surface area contributed by atoms with Crippen molar-refractivity contribution in [1.29, 1.82) is 0 Å². The van der Waals surface area contributed by atoms with E-state index in [2.05, 4.69) is 24.8 Å². The van der Waals surface area contributed by atoms with E-state index in [0.717, 1.165) is 47.2 Å². The number of piperidine rings is 1. The van der Waals surface area contributed by atoms with Crippen LogP contribution in [0.2, 0.25) is 0 Å². The topological polar surface area (TPSA) is 34.6 Å². The van der Waals surface area contributed by atoms with Crippen molar-refractivity contribution in [3.8, 4) is 11.5 Å². The number of hydrogen-bond acceptors (Lipinski definition) is 4. The maximum absolute atomic E-state index is 5.55. The molecule has 2 heterocycles. The van der Waals surface area contributed by atoms with Gasteiger partial charge in [0.25, 0.3) is 0 Å². The van der Waals surface area contributed by atoms with Gasteiger partial charge in [0.05, 0.1) is 14.2 Å². The summed E-state index contributed by atoms with van der Waals surface area (Å²) in [5, 5.41) is 1.10. The zero-order chi connectivity index (χ0) is 16.2. The molecule has 0 N–H and O–H groups in total. The summed E-state index contributed by atoms with van der Waals surface area (Å²) in [6.07, 6.45) is 2.67. The van der Waals surface area contributed by atoms with Gasteiger partial charge in [0.1, 0.15) is 22.8 Å². The fourth-order valence-electron chi connectivity index (χ4n) is 4.17. The van der Waals surface area contributed by atoms with Crippen molar-refractivity contribution in [2.24, 2.45) is 11.3 Å². The molecular weight excluding hydrogens is 288 g/mol. The zero-order valence-electron chi connectivity index (χ0n) is 14.3. The lowest BCUT2D eigenvalue weighted by atomic mass is 10.0. The molecule has 1 saturated heterocycles. The smallest absolute Gasteiger partial charge is 0.148 e. The van der Waals surface area contributed by atoms with Crippen LogP contribution in [0.25, 0.3) is 10.9 Å². The van der Waals surface area contributed by atoms with Crippen LogP contribution in [0.15, 0.2) is 18.2 Å². The largest absolute Gasteiger partial charge is 0.497 e. The third kappa shape index (κ3) is 2.15. The summed E-state index contributed by atoms with van der Waals surface area (Å²) in [6.45, 7) is 6.74. The minimum Gasteiger partial charge on any atom is -0.497 e. The molecule has 1 aliphatic carbocycles. The average Bonchev–Trinajstić information content (AvgIpc) is 3.14. The Bertz CT molecular complexity index is 770. The molecule has 4 rings (SSSR count). The van der Waals surface area contributed by atoms with Gasteiger partial charge in [-0.05, 0) is 48.8 Å². The number of nitrogens with zero attached hydrogens (tertiary/aromatic N) is 2. The van der Waals surface area contributed by atoms with Gasteiger partial charge in [-0.1, -0.05) is 6.92 Å². The van der Waals surface area contributed by atoms with Crippen LogP contribution in [-0.4, -0.2) is 32.3 Å². The predicted octanol–water partition coefficient (Wildman–Crippen LogP) is 3.80. The first kappa shape index (κ1) is 14.6.